The molecule has 0 saturated heterocycles. The Bertz CT molecular complexity index is 1320. The average molecular weight is 697 g/mol. The van der Waals surface area contributed by atoms with Crippen LogP contribution in [0.3, 0.4) is 0 Å². The third-order valence-corrected chi connectivity index (χ3v) is 8.44. The first-order valence-corrected chi connectivity index (χ1v) is 15.6. The van der Waals surface area contributed by atoms with Crippen LogP contribution >= 0.6 is 31.8 Å². The molecule has 3 fully saturated rings. The Balaban J connectivity index is 0.000000385. The summed E-state index contributed by atoms with van der Waals surface area (Å²) in [5.74, 6) is -1.08. The summed E-state index contributed by atoms with van der Waals surface area (Å²) in [6.45, 7) is -0.747. The van der Waals surface area contributed by atoms with Gasteiger partial charge in [-0.2, -0.15) is 0 Å². The molecule has 2 bridgehead atoms. The maximum atomic E-state index is 13.5. The van der Waals surface area contributed by atoms with Gasteiger partial charge in [0.15, 0.2) is 12.9 Å². The molecule has 0 heterocycles. The van der Waals surface area contributed by atoms with Gasteiger partial charge in [0.25, 0.3) is 5.91 Å². The van der Waals surface area contributed by atoms with Gasteiger partial charge in [-0.3, -0.25) is 9.59 Å². The molecule has 1 amide bonds. The van der Waals surface area contributed by atoms with E-state index in [0.29, 0.717) is 44.1 Å². The topological polar surface area (TPSA) is 162 Å². The van der Waals surface area contributed by atoms with Gasteiger partial charge in [-0.1, -0.05) is 23.2 Å². The zero-order chi connectivity index (χ0) is 33.0. The lowest BCUT2D eigenvalue weighted by Gasteiger charge is -2.56. The van der Waals surface area contributed by atoms with Crippen molar-refractivity contribution in [3.8, 4) is 11.5 Å². The molecule has 4 N–H and O–H groups in total. The summed E-state index contributed by atoms with van der Waals surface area (Å²) in [6, 6.07) is 7.93. The highest BCUT2D eigenvalue weighted by Crippen LogP contribution is 2.48. The van der Waals surface area contributed by atoms with E-state index in [0.717, 1.165) is 12.1 Å². The number of fused-ring (bicyclic) bond motifs is 3. The van der Waals surface area contributed by atoms with Crippen molar-refractivity contribution >= 4 is 50.2 Å². The lowest BCUT2D eigenvalue weighted by atomic mass is 9.60. The highest BCUT2D eigenvalue weighted by Gasteiger charge is 2.56. The van der Waals surface area contributed by atoms with Crippen LogP contribution in [0.25, 0.3) is 0 Å². The minimum absolute atomic E-state index is 0.0351. The molecule has 1 atom stereocenters. The van der Waals surface area contributed by atoms with Crippen LogP contribution < -0.4 is 20.1 Å². The van der Waals surface area contributed by atoms with Crippen molar-refractivity contribution < 1.29 is 56.4 Å². The van der Waals surface area contributed by atoms with Gasteiger partial charge in [-0.15, -0.1) is 0 Å². The monoisotopic (exact) mass is 696 g/mol. The molecule has 0 spiro atoms. The van der Waals surface area contributed by atoms with Crippen LogP contribution in [0.4, 0.5) is 13.6 Å². The SMILES string of the molecule is CNC12CCC(NC(=O)COc3ccc(Cl)c(F)c3)(CC1)CC2OC(=O)OCCOP(O)O.O=CCOc1ccc(Cl)c(F)c1. The Morgan fingerprint density at radius 2 is 1.60 bits per heavy atom. The fourth-order valence-corrected chi connectivity index (χ4v) is 5.60. The van der Waals surface area contributed by atoms with Gasteiger partial charge in [0.1, 0.15) is 42.5 Å². The summed E-state index contributed by atoms with van der Waals surface area (Å²) in [5, 5.41) is 6.27. The Kier molecular flexibility index (Phi) is 14.0. The van der Waals surface area contributed by atoms with Gasteiger partial charge in [0, 0.05) is 24.1 Å². The van der Waals surface area contributed by atoms with Crippen molar-refractivity contribution in [3.63, 3.8) is 0 Å². The van der Waals surface area contributed by atoms with Gasteiger partial charge in [-0.05, 0) is 57.0 Å². The fourth-order valence-electron chi connectivity index (χ4n) is 5.13. The van der Waals surface area contributed by atoms with Crippen molar-refractivity contribution in [2.24, 2.45) is 0 Å². The van der Waals surface area contributed by atoms with Gasteiger partial charge in [-0.25, -0.2) is 13.6 Å². The lowest BCUT2D eigenvalue weighted by Crippen LogP contribution is -2.69. The van der Waals surface area contributed by atoms with E-state index in [1.54, 1.807) is 7.05 Å². The van der Waals surface area contributed by atoms with Crippen LogP contribution in [-0.4, -0.2) is 78.8 Å². The first kappa shape index (κ1) is 36.6. The van der Waals surface area contributed by atoms with Crippen LogP contribution in [0.2, 0.25) is 10.0 Å². The van der Waals surface area contributed by atoms with Crippen LogP contribution in [0.1, 0.15) is 32.1 Å². The number of aldehydes is 1. The van der Waals surface area contributed by atoms with E-state index in [2.05, 4.69) is 15.2 Å². The molecule has 1 unspecified atom stereocenters. The number of nitrogens with one attached hydrogen (secondary N) is 2. The molecule has 5 rings (SSSR count). The van der Waals surface area contributed by atoms with Crippen molar-refractivity contribution in [2.75, 3.05) is 33.5 Å². The number of benzene rings is 2. The Morgan fingerprint density at radius 3 is 2.13 bits per heavy atom. The minimum atomic E-state index is -2.52. The number of amides is 1. The quantitative estimate of drug-likeness (QED) is 0.101. The summed E-state index contributed by atoms with van der Waals surface area (Å²) < 4.78 is 51.5. The Labute approximate surface area is 269 Å². The fraction of sp³-hybridized carbons (Fsp3) is 0.464. The predicted molar refractivity (Wildman–Crippen MR) is 159 cm³/mol. The zero-order valence-corrected chi connectivity index (χ0v) is 26.5. The third-order valence-electron chi connectivity index (χ3n) is 7.41. The smallest absolute Gasteiger partial charge is 0.486 e. The number of rotatable bonds is 13. The second-order valence-corrected chi connectivity index (χ2v) is 11.7. The van der Waals surface area contributed by atoms with Crippen molar-refractivity contribution in [2.45, 2.75) is 49.3 Å². The van der Waals surface area contributed by atoms with E-state index in [-0.39, 0.29) is 48.1 Å². The number of likely N-dealkylation sites (N-methyl/N-ethyl adjacent to an activating group) is 1. The predicted octanol–water partition coefficient (Wildman–Crippen LogP) is 4.46. The highest BCUT2D eigenvalue weighted by molar-refractivity contribution is 7.39. The molecule has 0 aromatic heterocycles. The number of hydrogen-bond donors (Lipinski definition) is 4. The maximum Gasteiger partial charge on any atom is 0.508 e. The van der Waals surface area contributed by atoms with E-state index < -0.39 is 43.6 Å². The molecule has 17 heteroatoms. The second-order valence-electron chi connectivity index (χ2n) is 10.1. The number of halogens is 4. The Morgan fingerprint density at radius 1 is 1.00 bits per heavy atom. The van der Waals surface area contributed by atoms with Gasteiger partial charge in [0.2, 0.25) is 0 Å². The van der Waals surface area contributed by atoms with Crippen molar-refractivity contribution in [1.29, 1.82) is 0 Å². The molecule has 3 saturated carbocycles. The van der Waals surface area contributed by atoms with Crippen molar-refractivity contribution in [3.05, 3.63) is 58.1 Å². The molecule has 0 aliphatic heterocycles. The van der Waals surface area contributed by atoms with Crippen LogP contribution in [-0.2, 0) is 23.6 Å². The first-order valence-electron chi connectivity index (χ1n) is 13.6. The first-order chi connectivity index (χ1) is 21.4. The van der Waals surface area contributed by atoms with E-state index >= 15 is 0 Å². The summed E-state index contributed by atoms with van der Waals surface area (Å²) in [4.78, 5) is 52.0. The van der Waals surface area contributed by atoms with Gasteiger partial charge in [0.05, 0.1) is 22.2 Å². The molecular weight excluding hydrogens is 664 g/mol. The second kappa shape index (κ2) is 17.2. The molecule has 2 aromatic rings. The normalized spacial score (nSPS) is 21.7. The average Bonchev–Trinajstić information content (AvgIpc) is 3.01. The van der Waals surface area contributed by atoms with E-state index in [4.69, 9.17) is 51.9 Å². The summed E-state index contributed by atoms with van der Waals surface area (Å²) in [7, 11) is -0.715. The number of carbonyl (C=O) groups excluding carboxylic acids is 3. The summed E-state index contributed by atoms with van der Waals surface area (Å²) in [5.41, 5.74) is -0.994. The molecule has 12 nitrogen and oxygen atoms in total. The summed E-state index contributed by atoms with van der Waals surface area (Å²) in [6.07, 6.45) is 2.26. The molecule has 248 valence electrons. The highest BCUT2D eigenvalue weighted by atomic mass is 35.5. The van der Waals surface area contributed by atoms with Crippen LogP contribution in [0.15, 0.2) is 36.4 Å². The number of ether oxygens (including phenoxy) is 4. The molecule has 45 heavy (non-hydrogen) atoms. The maximum absolute atomic E-state index is 13.5. The third kappa shape index (κ3) is 10.9. The zero-order valence-electron chi connectivity index (χ0n) is 24.1. The molecule has 0 radical (unpaired) electrons. The standard InChI is InChI=1S/C20H27ClFN2O8P.C8H6ClFO2/c1-23-20-6-4-19(5-7-20,11-16(20)32-18(26)29-8-9-31-33(27)28)24-17(25)12-30-13-2-3-14(21)15(22)10-13;9-7-2-1-6(5-8(7)10)12-4-3-11/h2-3,10,16,23,27-28H,4-9,11-12H2,1H3,(H,24,25);1-3,5H,4H2. The number of hydrogen-bond acceptors (Lipinski definition) is 11. The van der Waals surface area contributed by atoms with Gasteiger partial charge < -0.3 is 43.9 Å². The molecule has 2 aromatic carbocycles. The Hall–Kier alpha value is -2.84. The number of carbonyl (C=O) groups is 3. The lowest BCUT2D eigenvalue weighted by molar-refractivity contribution is -0.130. The molecule has 3 aliphatic rings. The van der Waals surface area contributed by atoms with Crippen LogP contribution in [0, 0.1) is 11.6 Å². The van der Waals surface area contributed by atoms with E-state index in [1.807, 2.05) is 0 Å². The molecular formula is C28H33Cl2F2N2O10P. The van der Waals surface area contributed by atoms with E-state index in [9.17, 15) is 23.2 Å². The van der Waals surface area contributed by atoms with E-state index in [1.165, 1.54) is 24.3 Å². The summed E-state index contributed by atoms with van der Waals surface area (Å²) >= 11 is 11.1. The largest absolute Gasteiger partial charge is 0.508 e. The minimum Gasteiger partial charge on any atom is -0.486 e. The van der Waals surface area contributed by atoms with Crippen molar-refractivity contribution in [1.82, 2.24) is 10.6 Å². The molecule has 3 aliphatic carbocycles. The van der Waals surface area contributed by atoms with Gasteiger partial charge >= 0.3 is 14.8 Å². The van der Waals surface area contributed by atoms with Crippen LogP contribution in [0.5, 0.6) is 11.5 Å².